The van der Waals surface area contributed by atoms with Crippen LogP contribution in [0.3, 0.4) is 0 Å². The van der Waals surface area contributed by atoms with Crippen LogP contribution in [0.1, 0.15) is 18.1 Å². The van der Waals surface area contributed by atoms with Crippen molar-refractivity contribution >= 4 is 13.4 Å². The summed E-state index contributed by atoms with van der Waals surface area (Å²) in [5, 5.41) is 13.5. The van der Waals surface area contributed by atoms with Gasteiger partial charge >= 0.3 is 7.60 Å². The van der Waals surface area contributed by atoms with E-state index in [2.05, 4.69) is 10.6 Å². The predicted molar refractivity (Wildman–Crippen MR) is 84.1 cm³/mol. The third-order valence-electron chi connectivity index (χ3n) is 3.12. The number of hydrogen-bond acceptors (Lipinski definition) is 8. The minimum absolute atomic E-state index is 0.00319. The van der Waals surface area contributed by atoms with Gasteiger partial charge in [-0.15, -0.1) is 0 Å². The number of phenolic OH excluding ortho intramolecular Hbond substituents is 1. The molecule has 1 heterocycles. The molecule has 1 aromatic heterocycles. The molecule has 0 fully saturated rings. The Bertz CT molecular complexity index is 730. The zero-order valence-electron chi connectivity index (χ0n) is 13.3. The molecule has 1 unspecified atom stereocenters. The molecule has 23 heavy (non-hydrogen) atoms. The number of rotatable bonds is 7. The molecule has 0 bridgehead atoms. The van der Waals surface area contributed by atoms with E-state index >= 15 is 0 Å². The van der Waals surface area contributed by atoms with Gasteiger partial charge in [0.15, 0.2) is 17.3 Å². The number of aromatic nitrogens is 1. The summed E-state index contributed by atoms with van der Waals surface area (Å²) >= 11 is 0. The van der Waals surface area contributed by atoms with Gasteiger partial charge in [-0.05, 0) is 25.5 Å². The van der Waals surface area contributed by atoms with Crippen molar-refractivity contribution in [1.82, 2.24) is 5.16 Å². The molecule has 126 valence electrons. The lowest BCUT2D eigenvalue weighted by Gasteiger charge is -2.18. The van der Waals surface area contributed by atoms with E-state index in [1.54, 1.807) is 26.8 Å². The quantitative estimate of drug-likeness (QED) is 0.581. The molecule has 9 heteroatoms. The SMILES string of the molecule is CCP(=O)(ONc1nocc1C)Oc1cc(C)c(O)c(OC)c1. The summed E-state index contributed by atoms with van der Waals surface area (Å²) in [5.74, 6) is 0.814. The van der Waals surface area contributed by atoms with Crippen molar-refractivity contribution in [3.63, 3.8) is 0 Å². The number of nitrogens with zero attached hydrogens (tertiary/aromatic N) is 1. The number of methoxy groups -OCH3 is 1. The van der Waals surface area contributed by atoms with Crippen LogP contribution in [0.5, 0.6) is 17.2 Å². The van der Waals surface area contributed by atoms with E-state index in [4.69, 9.17) is 18.4 Å². The fraction of sp³-hybridized carbons (Fsp3) is 0.357. The van der Waals surface area contributed by atoms with Crippen molar-refractivity contribution in [2.24, 2.45) is 0 Å². The molecule has 0 amide bonds. The van der Waals surface area contributed by atoms with Crippen molar-refractivity contribution in [2.75, 3.05) is 18.8 Å². The van der Waals surface area contributed by atoms with Gasteiger partial charge in [0.2, 0.25) is 0 Å². The monoisotopic (exact) mass is 342 g/mol. The maximum atomic E-state index is 12.7. The normalized spacial score (nSPS) is 13.4. The van der Waals surface area contributed by atoms with E-state index in [9.17, 15) is 9.67 Å². The predicted octanol–water partition coefficient (Wildman–Crippen LogP) is 3.64. The Morgan fingerprint density at radius 1 is 1.35 bits per heavy atom. The highest BCUT2D eigenvalue weighted by Crippen LogP contribution is 2.49. The average Bonchev–Trinajstić information content (AvgIpc) is 2.94. The van der Waals surface area contributed by atoms with Gasteiger partial charge in [-0.3, -0.25) is 0 Å². The zero-order chi connectivity index (χ0) is 17.0. The summed E-state index contributed by atoms with van der Waals surface area (Å²) in [6, 6.07) is 2.99. The second kappa shape index (κ2) is 6.93. The van der Waals surface area contributed by atoms with Crippen molar-refractivity contribution < 1.29 is 28.1 Å². The lowest BCUT2D eigenvalue weighted by molar-refractivity contribution is 0.312. The third-order valence-corrected chi connectivity index (χ3v) is 4.75. The van der Waals surface area contributed by atoms with Crippen molar-refractivity contribution in [3.05, 3.63) is 29.5 Å². The van der Waals surface area contributed by atoms with E-state index in [0.717, 1.165) is 0 Å². The molecule has 0 radical (unpaired) electrons. The van der Waals surface area contributed by atoms with E-state index in [0.29, 0.717) is 16.9 Å². The van der Waals surface area contributed by atoms with Crippen LogP contribution in [0.4, 0.5) is 5.82 Å². The second-order valence-corrected chi connectivity index (χ2v) is 7.07. The minimum atomic E-state index is -3.48. The Hall–Kier alpha value is -2.18. The number of phenols is 1. The number of aromatic hydroxyl groups is 1. The Labute approximate surface area is 133 Å². The number of hydrogen-bond donors (Lipinski definition) is 2. The van der Waals surface area contributed by atoms with Gasteiger partial charge in [-0.25, -0.2) is 10.0 Å². The van der Waals surface area contributed by atoms with Crippen LogP contribution in [0.25, 0.3) is 0 Å². The first kappa shape index (κ1) is 17.2. The number of anilines is 1. The Balaban J connectivity index is 2.16. The van der Waals surface area contributed by atoms with Crippen LogP contribution in [0.15, 0.2) is 22.9 Å². The van der Waals surface area contributed by atoms with Gasteiger partial charge < -0.3 is 18.9 Å². The molecule has 0 aliphatic rings. The summed E-state index contributed by atoms with van der Waals surface area (Å²) in [5.41, 5.74) is 3.72. The van der Waals surface area contributed by atoms with E-state index in [1.165, 1.54) is 19.4 Å². The van der Waals surface area contributed by atoms with E-state index < -0.39 is 7.60 Å². The van der Waals surface area contributed by atoms with Crippen LogP contribution in [-0.2, 0) is 9.19 Å². The molecule has 2 aromatic rings. The Morgan fingerprint density at radius 3 is 2.65 bits per heavy atom. The highest BCUT2D eigenvalue weighted by molar-refractivity contribution is 7.54. The van der Waals surface area contributed by atoms with E-state index in [1.807, 2.05) is 0 Å². The lowest BCUT2D eigenvalue weighted by Crippen LogP contribution is -2.07. The van der Waals surface area contributed by atoms with Gasteiger partial charge in [0.25, 0.3) is 0 Å². The topological polar surface area (TPSA) is 103 Å². The highest BCUT2D eigenvalue weighted by atomic mass is 31.2. The molecule has 1 aromatic carbocycles. The van der Waals surface area contributed by atoms with Crippen LogP contribution in [0, 0.1) is 13.8 Å². The number of aryl methyl sites for hydroxylation is 2. The summed E-state index contributed by atoms with van der Waals surface area (Å²) in [6.45, 7) is 5.11. The second-order valence-electron chi connectivity index (χ2n) is 4.85. The maximum Gasteiger partial charge on any atom is 0.400 e. The maximum absolute atomic E-state index is 12.7. The molecular weight excluding hydrogens is 323 g/mol. The molecule has 2 N–H and O–H groups in total. The molecule has 0 aliphatic heterocycles. The number of nitrogens with one attached hydrogen (secondary N) is 1. The number of ether oxygens (including phenoxy) is 1. The zero-order valence-corrected chi connectivity index (χ0v) is 14.2. The first-order valence-corrected chi connectivity index (χ1v) is 8.63. The molecule has 0 saturated heterocycles. The van der Waals surface area contributed by atoms with Crippen LogP contribution >= 0.6 is 7.60 Å². The number of benzene rings is 1. The van der Waals surface area contributed by atoms with Crippen LogP contribution in [0.2, 0.25) is 0 Å². The Kier molecular flexibility index (Phi) is 5.18. The summed E-state index contributed by atoms with van der Waals surface area (Å²) in [4.78, 5) is 0. The van der Waals surface area contributed by atoms with E-state index in [-0.39, 0.29) is 23.4 Å². The summed E-state index contributed by atoms with van der Waals surface area (Å²) in [7, 11) is -2.06. The smallest absolute Gasteiger partial charge is 0.400 e. The minimum Gasteiger partial charge on any atom is -0.504 e. The lowest BCUT2D eigenvalue weighted by atomic mass is 10.2. The molecule has 0 saturated carbocycles. The highest BCUT2D eigenvalue weighted by Gasteiger charge is 2.26. The fourth-order valence-corrected chi connectivity index (χ4v) is 2.68. The molecule has 0 aliphatic carbocycles. The molecule has 0 spiro atoms. The van der Waals surface area contributed by atoms with Gasteiger partial charge in [-0.1, -0.05) is 12.1 Å². The summed E-state index contributed by atoms with van der Waals surface area (Å²) < 4.78 is 33.2. The van der Waals surface area contributed by atoms with Gasteiger partial charge in [-0.2, -0.15) is 4.62 Å². The largest absolute Gasteiger partial charge is 0.504 e. The fourth-order valence-electron chi connectivity index (χ4n) is 1.73. The molecule has 1 atom stereocenters. The first-order chi connectivity index (χ1) is 10.9. The Morgan fingerprint density at radius 2 is 2.09 bits per heavy atom. The van der Waals surface area contributed by atoms with Gasteiger partial charge in [0.1, 0.15) is 12.0 Å². The van der Waals surface area contributed by atoms with Gasteiger partial charge in [0, 0.05) is 11.6 Å². The van der Waals surface area contributed by atoms with Crippen molar-refractivity contribution in [2.45, 2.75) is 20.8 Å². The van der Waals surface area contributed by atoms with Gasteiger partial charge in [0.05, 0.1) is 13.3 Å². The standard InChI is InChI=1S/C14H19N2O6P/c1-5-23(18,22-16-14-10(3)8-20-15-14)21-11-6-9(2)13(17)12(7-11)19-4/h6-8,17H,5H2,1-4H3,(H,15,16). The average molecular weight is 342 g/mol. The third kappa shape index (κ3) is 3.97. The molecular formula is C14H19N2O6P. The summed E-state index contributed by atoms with van der Waals surface area (Å²) in [6.07, 6.45) is 1.55. The van der Waals surface area contributed by atoms with Crippen LogP contribution < -0.4 is 14.7 Å². The van der Waals surface area contributed by atoms with Crippen LogP contribution in [-0.4, -0.2) is 23.5 Å². The molecule has 8 nitrogen and oxygen atoms in total. The van der Waals surface area contributed by atoms with Crippen molar-refractivity contribution in [3.8, 4) is 17.2 Å². The first-order valence-electron chi connectivity index (χ1n) is 6.90. The molecule has 2 rings (SSSR count). The van der Waals surface area contributed by atoms with Crippen molar-refractivity contribution in [1.29, 1.82) is 0 Å².